The predicted molar refractivity (Wildman–Crippen MR) is 255 cm³/mol. The zero-order chi connectivity index (χ0) is 44.2. The second-order valence-corrected chi connectivity index (χ2v) is 21.6. The molecule has 0 unspecified atom stereocenters. The molecule has 0 heterocycles. The highest BCUT2D eigenvalue weighted by Gasteiger charge is 2.29. The molecule has 0 radical (unpaired) electrons. The van der Waals surface area contributed by atoms with Gasteiger partial charge in [0.15, 0.2) is 0 Å². The molecular weight excluding hydrogens is 737 g/mol. The Balaban J connectivity index is 2.02. The van der Waals surface area contributed by atoms with E-state index in [-0.39, 0.29) is 21.7 Å². The van der Waals surface area contributed by atoms with E-state index in [9.17, 15) is 0 Å². The minimum absolute atomic E-state index is 0.0735. The van der Waals surface area contributed by atoms with E-state index in [1.165, 1.54) is 66.8 Å². The molecule has 4 aromatic rings. The first-order chi connectivity index (χ1) is 28.1. The molecule has 0 N–H and O–H groups in total. The molecule has 0 aliphatic heterocycles. The van der Waals surface area contributed by atoms with Crippen LogP contribution in [-0.4, -0.2) is 26.4 Å². The van der Waals surface area contributed by atoms with Crippen molar-refractivity contribution >= 4 is 0 Å². The van der Waals surface area contributed by atoms with Gasteiger partial charge in [-0.15, -0.1) is 0 Å². The summed E-state index contributed by atoms with van der Waals surface area (Å²) in [5.74, 6) is 4.00. The maximum atomic E-state index is 6.95. The molecule has 5 rings (SSSR count). The lowest BCUT2D eigenvalue weighted by Crippen LogP contribution is -2.18. The Bertz CT molecular complexity index is 1700. The molecule has 0 spiro atoms. The Hall–Kier alpha value is -3.92. The Labute approximate surface area is 366 Å². The van der Waals surface area contributed by atoms with E-state index in [1.54, 1.807) is 0 Å². The molecule has 0 atom stereocenters. The molecule has 4 heteroatoms. The first kappa shape index (κ1) is 47.1. The smallest absolute Gasteiger partial charge is 0.126 e. The van der Waals surface area contributed by atoms with E-state index in [2.05, 4.69) is 159 Å². The zero-order valence-corrected chi connectivity index (χ0v) is 40.7. The SMILES string of the molecule is CCCOc1c2cc(C(C)(C)C)cc1Cc1cc(C(C)(C)C)cc(c1OCCC)Cc1cc(C(C)(C)C)cc(c1OCCC)Cc1cc(C(C)(C)C)cc(c1OCCC)C2. The van der Waals surface area contributed by atoms with Gasteiger partial charge in [0.2, 0.25) is 0 Å². The molecule has 60 heavy (non-hydrogen) atoms. The Kier molecular flexibility index (Phi) is 14.9. The fourth-order valence-corrected chi connectivity index (χ4v) is 8.18. The van der Waals surface area contributed by atoms with Crippen molar-refractivity contribution < 1.29 is 18.9 Å². The van der Waals surface area contributed by atoms with Crippen LogP contribution in [0.3, 0.4) is 0 Å². The van der Waals surface area contributed by atoms with Crippen LogP contribution in [0.2, 0.25) is 0 Å². The van der Waals surface area contributed by atoms with Crippen LogP contribution in [0, 0.1) is 0 Å². The molecule has 0 fully saturated rings. The largest absolute Gasteiger partial charge is 0.493 e. The molecule has 0 saturated carbocycles. The fourth-order valence-electron chi connectivity index (χ4n) is 8.18. The summed E-state index contributed by atoms with van der Waals surface area (Å²) in [4.78, 5) is 0. The van der Waals surface area contributed by atoms with Crippen LogP contribution in [0.1, 0.15) is 203 Å². The molecule has 0 aromatic heterocycles. The van der Waals surface area contributed by atoms with Gasteiger partial charge in [-0.2, -0.15) is 0 Å². The molecule has 4 nitrogen and oxygen atoms in total. The number of benzene rings is 4. The summed E-state index contributed by atoms with van der Waals surface area (Å²) in [5.41, 5.74) is 14.6. The van der Waals surface area contributed by atoms with E-state index in [4.69, 9.17) is 18.9 Å². The van der Waals surface area contributed by atoms with Crippen molar-refractivity contribution in [2.45, 2.75) is 184 Å². The van der Waals surface area contributed by atoms with Gasteiger partial charge in [-0.25, -0.2) is 0 Å². The van der Waals surface area contributed by atoms with E-state index < -0.39 is 0 Å². The summed E-state index contributed by atoms with van der Waals surface area (Å²) < 4.78 is 27.8. The fraction of sp³-hybridized carbons (Fsp3) is 0.571. The number of fused-ring (bicyclic) bond motifs is 8. The Morgan fingerprint density at radius 2 is 0.450 bits per heavy atom. The Morgan fingerprint density at radius 3 is 0.567 bits per heavy atom. The van der Waals surface area contributed by atoms with Crippen LogP contribution in [0.4, 0.5) is 0 Å². The van der Waals surface area contributed by atoms with Crippen LogP contribution < -0.4 is 18.9 Å². The van der Waals surface area contributed by atoms with Crippen molar-refractivity contribution in [2.75, 3.05) is 26.4 Å². The lowest BCUT2D eigenvalue weighted by molar-refractivity contribution is 0.304. The molecule has 1 aliphatic carbocycles. The quantitative estimate of drug-likeness (QED) is 0.126. The van der Waals surface area contributed by atoms with E-state index in [0.29, 0.717) is 52.1 Å². The number of hydrogen-bond acceptors (Lipinski definition) is 4. The average Bonchev–Trinajstić information content (AvgIpc) is 3.14. The molecular formula is C56H80O4. The number of ether oxygens (including phenoxy) is 4. The third-order valence-electron chi connectivity index (χ3n) is 11.8. The van der Waals surface area contributed by atoms with Gasteiger partial charge < -0.3 is 18.9 Å². The number of rotatable bonds is 12. The molecule has 1 aliphatic rings. The third-order valence-corrected chi connectivity index (χ3v) is 11.8. The van der Waals surface area contributed by atoms with Crippen LogP contribution in [-0.2, 0) is 47.3 Å². The molecule has 0 saturated heterocycles. The Morgan fingerprint density at radius 1 is 0.300 bits per heavy atom. The molecule has 8 bridgehead atoms. The molecule has 0 amide bonds. The predicted octanol–water partition coefficient (Wildman–Crippen LogP) is 14.7. The second kappa shape index (κ2) is 19.0. The normalized spacial score (nSPS) is 13.6. The van der Waals surface area contributed by atoms with Gasteiger partial charge in [-0.1, -0.05) is 159 Å². The number of hydrogen-bond donors (Lipinski definition) is 0. The van der Waals surface area contributed by atoms with Gasteiger partial charge >= 0.3 is 0 Å². The lowest BCUT2D eigenvalue weighted by atomic mass is 9.79. The summed E-state index contributed by atoms with van der Waals surface area (Å²) in [7, 11) is 0. The highest BCUT2D eigenvalue weighted by atomic mass is 16.5. The summed E-state index contributed by atoms with van der Waals surface area (Å²) in [6.45, 7) is 39.3. The van der Waals surface area contributed by atoms with Crippen LogP contribution >= 0.6 is 0 Å². The minimum Gasteiger partial charge on any atom is -0.493 e. The maximum Gasteiger partial charge on any atom is 0.126 e. The van der Waals surface area contributed by atoms with E-state index in [0.717, 1.165) is 48.7 Å². The van der Waals surface area contributed by atoms with Crippen molar-refractivity contribution in [3.05, 3.63) is 115 Å². The summed E-state index contributed by atoms with van der Waals surface area (Å²) in [6, 6.07) is 19.4. The summed E-state index contributed by atoms with van der Waals surface area (Å²) in [6.07, 6.45) is 6.52. The second-order valence-electron chi connectivity index (χ2n) is 21.6. The van der Waals surface area contributed by atoms with E-state index >= 15 is 0 Å². The summed E-state index contributed by atoms with van der Waals surface area (Å²) in [5, 5.41) is 0. The minimum atomic E-state index is -0.0735. The highest BCUT2D eigenvalue weighted by molar-refractivity contribution is 5.60. The van der Waals surface area contributed by atoms with Crippen molar-refractivity contribution in [2.24, 2.45) is 0 Å². The first-order valence-electron chi connectivity index (χ1n) is 23.2. The molecule has 328 valence electrons. The summed E-state index contributed by atoms with van der Waals surface area (Å²) >= 11 is 0. The van der Waals surface area contributed by atoms with Gasteiger partial charge in [0.05, 0.1) is 26.4 Å². The van der Waals surface area contributed by atoms with Gasteiger partial charge in [-0.05, 0) is 114 Å². The standard InChI is InChI=1S/C56H80O4/c1-17-21-57-49-37-25-39-31-46(54(8,9)10)33-41(50(39)58-22-18-2)27-43-35-48(56(14,15)16)36-44(52(43)60-24-20-4)28-42-34-47(55(11,12)13)32-40(51(42)59-23-19-3)26-38(49)30-45(29-37)53(5,6)7/h29-36H,17-28H2,1-16H3. The zero-order valence-electron chi connectivity index (χ0n) is 40.7. The topological polar surface area (TPSA) is 36.9 Å². The van der Waals surface area contributed by atoms with Gasteiger partial charge in [0.1, 0.15) is 23.0 Å². The van der Waals surface area contributed by atoms with Gasteiger partial charge in [0, 0.05) is 25.7 Å². The van der Waals surface area contributed by atoms with Gasteiger partial charge in [-0.3, -0.25) is 0 Å². The lowest BCUT2D eigenvalue weighted by Gasteiger charge is -2.29. The van der Waals surface area contributed by atoms with Crippen LogP contribution in [0.25, 0.3) is 0 Å². The van der Waals surface area contributed by atoms with Crippen LogP contribution in [0.5, 0.6) is 23.0 Å². The van der Waals surface area contributed by atoms with E-state index in [1.807, 2.05) is 0 Å². The van der Waals surface area contributed by atoms with Crippen LogP contribution in [0.15, 0.2) is 48.5 Å². The molecule has 4 aromatic carbocycles. The third kappa shape index (κ3) is 11.3. The van der Waals surface area contributed by atoms with Crippen molar-refractivity contribution in [1.82, 2.24) is 0 Å². The first-order valence-corrected chi connectivity index (χ1v) is 23.2. The average molecular weight is 817 g/mol. The van der Waals surface area contributed by atoms with Crippen molar-refractivity contribution in [3.8, 4) is 23.0 Å². The maximum absolute atomic E-state index is 6.95. The highest BCUT2D eigenvalue weighted by Crippen LogP contribution is 2.44. The van der Waals surface area contributed by atoms with Crippen molar-refractivity contribution in [3.63, 3.8) is 0 Å². The van der Waals surface area contributed by atoms with Crippen molar-refractivity contribution in [1.29, 1.82) is 0 Å². The van der Waals surface area contributed by atoms with Gasteiger partial charge in [0.25, 0.3) is 0 Å². The monoisotopic (exact) mass is 817 g/mol.